The second-order valence-electron chi connectivity index (χ2n) is 6.41. The van der Waals surface area contributed by atoms with Gasteiger partial charge in [-0.1, -0.05) is 64.3 Å². The molecule has 0 amide bonds. The van der Waals surface area contributed by atoms with Crippen LogP contribution in [0.1, 0.15) is 52.9 Å². The quantitative estimate of drug-likeness (QED) is 0.562. The van der Waals surface area contributed by atoms with Crippen LogP contribution in [0, 0.1) is 0 Å². The number of allylic oxidation sites excluding steroid dienone is 5. The molecule has 2 N–H and O–H groups in total. The predicted molar refractivity (Wildman–Crippen MR) is 106 cm³/mol. The Bertz CT molecular complexity index is 501. The molecule has 0 aromatic rings. The lowest BCUT2D eigenvalue weighted by Crippen LogP contribution is -2.58. The fraction of sp³-hybridized carbons (Fsp3) is 0.524. The standard InChI is InChI=1S/C21H35N3/c1-8-12-21-23-18(7)20(22-16(5)9-2)15-24(21)17(6)13-14-19(10-3)11-4/h10-11,20-23H,3,5-9,12-15H2,1-2,4H3/b19-11+. The summed E-state index contributed by atoms with van der Waals surface area (Å²) >= 11 is 0. The van der Waals surface area contributed by atoms with Crippen LogP contribution in [-0.2, 0) is 0 Å². The molecule has 2 unspecified atom stereocenters. The minimum Gasteiger partial charge on any atom is -0.379 e. The zero-order valence-corrected chi connectivity index (χ0v) is 15.8. The van der Waals surface area contributed by atoms with E-state index in [2.05, 4.69) is 68.7 Å². The number of nitrogens with zero attached hydrogens (tertiary/aromatic N) is 1. The van der Waals surface area contributed by atoms with Crippen molar-refractivity contribution in [2.75, 3.05) is 6.54 Å². The molecule has 0 aromatic carbocycles. The van der Waals surface area contributed by atoms with Crippen LogP contribution in [0.5, 0.6) is 0 Å². The van der Waals surface area contributed by atoms with Gasteiger partial charge in [-0.25, -0.2) is 0 Å². The molecule has 0 bridgehead atoms. The third kappa shape index (κ3) is 5.63. The van der Waals surface area contributed by atoms with Gasteiger partial charge in [0.2, 0.25) is 0 Å². The van der Waals surface area contributed by atoms with Crippen molar-refractivity contribution in [3.8, 4) is 0 Å². The van der Waals surface area contributed by atoms with Gasteiger partial charge in [0.25, 0.3) is 0 Å². The smallest absolute Gasteiger partial charge is 0.0985 e. The van der Waals surface area contributed by atoms with Crippen molar-refractivity contribution in [3.63, 3.8) is 0 Å². The summed E-state index contributed by atoms with van der Waals surface area (Å²) in [7, 11) is 0. The molecule has 0 radical (unpaired) electrons. The van der Waals surface area contributed by atoms with E-state index < -0.39 is 0 Å². The van der Waals surface area contributed by atoms with Crippen LogP contribution < -0.4 is 10.6 Å². The highest BCUT2D eigenvalue weighted by molar-refractivity contribution is 5.19. The van der Waals surface area contributed by atoms with Gasteiger partial charge in [0.1, 0.15) is 0 Å². The molecule has 0 aliphatic carbocycles. The number of nitrogens with one attached hydrogen (secondary N) is 2. The van der Waals surface area contributed by atoms with Gasteiger partial charge in [-0.15, -0.1) is 0 Å². The maximum atomic E-state index is 4.35. The molecule has 1 aliphatic rings. The number of hydrogen-bond acceptors (Lipinski definition) is 3. The Kier molecular flexibility index (Phi) is 8.45. The van der Waals surface area contributed by atoms with E-state index in [9.17, 15) is 0 Å². The summed E-state index contributed by atoms with van der Waals surface area (Å²) in [5, 5.41) is 7.06. The van der Waals surface area contributed by atoms with Crippen molar-refractivity contribution in [1.82, 2.24) is 15.5 Å². The Labute approximate surface area is 148 Å². The average molecular weight is 330 g/mol. The van der Waals surface area contributed by atoms with Gasteiger partial charge in [0.15, 0.2) is 0 Å². The Morgan fingerprint density at radius 3 is 2.58 bits per heavy atom. The molecular formula is C21H35N3. The minimum atomic E-state index is 0.169. The zero-order chi connectivity index (χ0) is 18.1. The summed E-state index contributed by atoms with van der Waals surface area (Å²) < 4.78 is 0. The highest BCUT2D eigenvalue weighted by atomic mass is 15.3. The van der Waals surface area contributed by atoms with Crippen LogP contribution in [0.2, 0.25) is 0 Å². The third-order valence-electron chi connectivity index (χ3n) is 4.64. The van der Waals surface area contributed by atoms with Crippen molar-refractivity contribution >= 4 is 0 Å². The molecule has 0 aromatic heterocycles. The summed E-state index contributed by atoms with van der Waals surface area (Å²) in [6.07, 6.45) is 9.39. The van der Waals surface area contributed by atoms with Gasteiger partial charge in [0.05, 0.1) is 12.2 Å². The molecule has 24 heavy (non-hydrogen) atoms. The molecule has 3 nitrogen and oxygen atoms in total. The predicted octanol–water partition coefficient (Wildman–Crippen LogP) is 4.84. The van der Waals surface area contributed by atoms with Crippen LogP contribution in [-0.4, -0.2) is 23.7 Å². The fourth-order valence-electron chi connectivity index (χ4n) is 2.96. The van der Waals surface area contributed by atoms with E-state index in [4.69, 9.17) is 0 Å². The highest BCUT2D eigenvalue weighted by Crippen LogP contribution is 2.24. The SMILES string of the molecule is C=C/C(=C\C)CCC(=C)N1CC(NC(=C)CC)C(=C)NC1CCC. The largest absolute Gasteiger partial charge is 0.379 e. The second-order valence-corrected chi connectivity index (χ2v) is 6.41. The molecule has 134 valence electrons. The first-order valence-electron chi connectivity index (χ1n) is 9.08. The van der Waals surface area contributed by atoms with E-state index >= 15 is 0 Å². The van der Waals surface area contributed by atoms with E-state index in [0.717, 1.165) is 50.0 Å². The lowest BCUT2D eigenvalue weighted by Gasteiger charge is -2.45. The molecule has 1 aliphatic heterocycles. The van der Waals surface area contributed by atoms with Crippen molar-refractivity contribution < 1.29 is 0 Å². The molecule has 0 spiro atoms. The Hall–Kier alpha value is -1.90. The van der Waals surface area contributed by atoms with E-state index in [-0.39, 0.29) is 12.2 Å². The Morgan fingerprint density at radius 2 is 2.04 bits per heavy atom. The summed E-state index contributed by atoms with van der Waals surface area (Å²) in [6, 6.07) is 0.169. The van der Waals surface area contributed by atoms with Crippen molar-refractivity contribution in [3.05, 3.63) is 61.1 Å². The number of hydrogen-bond donors (Lipinski definition) is 2. The molecule has 1 saturated heterocycles. The van der Waals surface area contributed by atoms with E-state index in [1.807, 2.05) is 6.08 Å². The first kappa shape index (κ1) is 20.1. The highest BCUT2D eigenvalue weighted by Gasteiger charge is 2.30. The summed E-state index contributed by atoms with van der Waals surface area (Å²) in [4.78, 5) is 2.40. The Morgan fingerprint density at radius 1 is 1.33 bits per heavy atom. The lowest BCUT2D eigenvalue weighted by molar-refractivity contribution is 0.160. The van der Waals surface area contributed by atoms with Crippen LogP contribution in [0.25, 0.3) is 0 Å². The van der Waals surface area contributed by atoms with Crippen molar-refractivity contribution in [2.24, 2.45) is 0 Å². The molecular weight excluding hydrogens is 294 g/mol. The Balaban J connectivity index is 2.80. The van der Waals surface area contributed by atoms with Crippen LogP contribution in [0.4, 0.5) is 0 Å². The molecule has 1 rings (SSSR count). The van der Waals surface area contributed by atoms with Gasteiger partial charge in [-0.2, -0.15) is 0 Å². The summed E-state index contributed by atoms with van der Waals surface area (Å²) in [6.45, 7) is 23.8. The van der Waals surface area contributed by atoms with E-state index in [1.54, 1.807) is 0 Å². The van der Waals surface area contributed by atoms with Crippen LogP contribution in [0.3, 0.4) is 0 Å². The van der Waals surface area contributed by atoms with E-state index in [0.29, 0.717) is 0 Å². The monoisotopic (exact) mass is 329 g/mol. The van der Waals surface area contributed by atoms with Crippen molar-refractivity contribution in [2.45, 2.75) is 65.1 Å². The van der Waals surface area contributed by atoms with Gasteiger partial charge >= 0.3 is 0 Å². The first-order valence-corrected chi connectivity index (χ1v) is 9.08. The summed E-state index contributed by atoms with van der Waals surface area (Å²) in [5.74, 6) is 0. The van der Waals surface area contributed by atoms with Crippen LogP contribution >= 0.6 is 0 Å². The normalized spacial score (nSPS) is 21.2. The van der Waals surface area contributed by atoms with Gasteiger partial charge < -0.3 is 15.5 Å². The topological polar surface area (TPSA) is 27.3 Å². The average Bonchev–Trinajstić information content (AvgIpc) is 2.57. The van der Waals surface area contributed by atoms with Crippen molar-refractivity contribution in [1.29, 1.82) is 0 Å². The molecule has 0 saturated carbocycles. The van der Waals surface area contributed by atoms with Crippen LogP contribution in [0.15, 0.2) is 61.1 Å². The van der Waals surface area contributed by atoms with Gasteiger partial charge in [0, 0.05) is 23.6 Å². The van der Waals surface area contributed by atoms with Gasteiger partial charge in [-0.05, 0) is 32.6 Å². The number of rotatable bonds is 10. The fourth-order valence-corrected chi connectivity index (χ4v) is 2.96. The second kappa shape index (κ2) is 10.1. The minimum absolute atomic E-state index is 0.169. The summed E-state index contributed by atoms with van der Waals surface area (Å²) in [5.41, 5.74) is 4.54. The molecule has 1 fully saturated rings. The maximum Gasteiger partial charge on any atom is 0.0985 e. The lowest BCUT2D eigenvalue weighted by atomic mass is 10.0. The molecule has 1 heterocycles. The molecule has 2 atom stereocenters. The van der Waals surface area contributed by atoms with Gasteiger partial charge in [-0.3, -0.25) is 0 Å². The zero-order valence-electron chi connectivity index (χ0n) is 15.8. The maximum absolute atomic E-state index is 4.35. The molecule has 3 heteroatoms. The first-order chi connectivity index (χ1) is 11.5. The van der Waals surface area contributed by atoms with E-state index in [1.165, 1.54) is 11.3 Å². The third-order valence-corrected chi connectivity index (χ3v) is 4.64.